The molecule has 0 amide bonds. The third-order valence-electron chi connectivity index (χ3n) is 3.74. The van der Waals surface area contributed by atoms with Gasteiger partial charge in [0.05, 0.1) is 17.2 Å². The van der Waals surface area contributed by atoms with E-state index >= 15 is 0 Å². The Morgan fingerprint density at radius 2 is 2.00 bits per heavy atom. The number of piperidine rings is 1. The number of nitrogens with zero attached hydrogens (tertiary/aromatic N) is 3. The summed E-state index contributed by atoms with van der Waals surface area (Å²) in [6.45, 7) is 3.45. The van der Waals surface area contributed by atoms with Gasteiger partial charge in [0, 0.05) is 25.2 Å². The molecule has 0 atom stereocenters. The molecule has 1 radical (unpaired) electrons. The highest BCUT2D eigenvalue weighted by molar-refractivity contribution is 5.74. The molecular weight excluding hydrogens is 257 g/mol. The number of rotatable bonds is 3. The maximum atomic E-state index is 13.4. The zero-order chi connectivity index (χ0) is 13.9. The van der Waals surface area contributed by atoms with Crippen molar-refractivity contribution in [2.75, 3.05) is 19.6 Å². The Morgan fingerprint density at radius 3 is 2.80 bits per heavy atom. The molecule has 105 valence electrons. The van der Waals surface area contributed by atoms with Crippen molar-refractivity contribution < 1.29 is 4.39 Å². The highest BCUT2D eigenvalue weighted by atomic mass is 19.1. The number of aromatic nitrogens is 2. The van der Waals surface area contributed by atoms with E-state index in [9.17, 15) is 9.18 Å². The summed E-state index contributed by atoms with van der Waals surface area (Å²) in [5, 5.41) is 0. The number of hydrogen-bond acceptors (Lipinski definition) is 3. The van der Waals surface area contributed by atoms with Crippen molar-refractivity contribution in [3.05, 3.63) is 47.0 Å². The van der Waals surface area contributed by atoms with Crippen LogP contribution < -0.4 is 5.56 Å². The minimum atomic E-state index is -0.413. The lowest BCUT2D eigenvalue weighted by atomic mass is 10.1. The minimum Gasteiger partial charge on any atom is -0.305 e. The number of fused-ring (bicyclic) bond motifs is 1. The smallest absolute Gasteiger partial charge is 0.251 e. The van der Waals surface area contributed by atoms with Gasteiger partial charge in [-0.25, -0.2) is 4.39 Å². The first-order valence-electron chi connectivity index (χ1n) is 6.93. The van der Waals surface area contributed by atoms with E-state index in [1.165, 1.54) is 18.3 Å². The summed E-state index contributed by atoms with van der Waals surface area (Å²) in [4.78, 5) is 18.4. The second kappa shape index (κ2) is 5.71. The number of hydrogen-bond donors (Lipinski definition) is 0. The maximum absolute atomic E-state index is 13.4. The minimum absolute atomic E-state index is 0.103. The molecule has 0 aromatic carbocycles. The van der Waals surface area contributed by atoms with Crippen molar-refractivity contribution in [3.8, 4) is 0 Å². The second-order valence-corrected chi connectivity index (χ2v) is 5.09. The highest BCUT2D eigenvalue weighted by Crippen LogP contribution is 2.12. The van der Waals surface area contributed by atoms with Gasteiger partial charge in [-0.3, -0.25) is 9.78 Å². The van der Waals surface area contributed by atoms with Gasteiger partial charge in [-0.15, -0.1) is 0 Å². The number of halogens is 1. The van der Waals surface area contributed by atoms with Gasteiger partial charge in [0.15, 0.2) is 0 Å². The molecule has 4 nitrogen and oxygen atoms in total. The van der Waals surface area contributed by atoms with Crippen molar-refractivity contribution in [2.24, 2.45) is 0 Å². The van der Waals surface area contributed by atoms with E-state index in [2.05, 4.69) is 16.3 Å². The molecule has 1 saturated heterocycles. The third-order valence-corrected chi connectivity index (χ3v) is 3.74. The van der Waals surface area contributed by atoms with Crippen molar-refractivity contribution in [1.82, 2.24) is 14.5 Å². The van der Waals surface area contributed by atoms with E-state index in [1.807, 2.05) is 0 Å². The lowest BCUT2D eigenvalue weighted by Gasteiger charge is -2.26. The molecular formula is C15H17FN3O. The predicted octanol–water partition coefficient (Wildman–Crippen LogP) is 1.84. The summed E-state index contributed by atoms with van der Waals surface area (Å²) in [6.07, 6.45) is 5.67. The number of likely N-dealkylation sites (tertiary alicyclic amines) is 1. The fraction of sp³-hybridized carbons (Fsp3) is 0.400. The van der Waals surface area contributed by atoms with Crippen molar-refractivity contribution in [1.29, 1.82) is 0 Å². The van der Waals surface area contributed by atoms with E-state index in [4.69, 9.17) is 0 Å². The van der Waals surface area contributed by atoms with E-state index in [-0.39, 0.29) is 5.56 Å². The van der Waals surface area contributed by atoms with Crippen LogP contribution in [-0.4, -0.2) is 34.1 Å². The summed E-state index contributed by atoms with van der Waals surface area (Å²) in [7, 11) is 0. The molecule has 1 fully saturated rings. The van der Waals surface area contributed by atoms with Crippen LogP contribution in [0.5, 0.6) is 0 Å². The van der Waals surface area contributed by atoms with E-state index in [0.29, 0.717) is 17.6 Å². The fourth-order valence-electron chi connectivity index (χ4n) is 2.64. The Labute approximate surface area is 116 Å². The summed E-state index contributed by atoms with van der Waals surface area (Å²) < 4.78 is 15.0. The molecule has 0 aliphatic carbocycles. The molecule has 5 heteroatoms. The van der Waals surface area contributed by atoms with Crippen molar-refractivity contribution >= 4 is 11.0 Å². The van der Waals surface area contributed by atoms with Gasteiger partial charge in [-0.1, -0.05) is 0 Å². The Kier molecular flexibility index (Phi) is 3.78. The van der Waals surface area contributed by atoms with Gasteiger partial charge < -0.3 is 9.47 Å². The van der Waals surface area contributed by atoms with Crippen LogP contribution in [0.3, 0.4) is 0 Å². The van der Waals surface area contributed by atoms with Crippen LogP contribution in [0.4, 0.5) is 4.39 Å². The standard InChI is InChI=1S/C15H17FN3O/c16-12-10-14-13(17-11-12)4-5-15(20)19(14)9-8-18-6-2-1-3-7-18/h1,4-5,10-11H,2-3,6-9H2. The van der Waals surface area contributed by atoms with Gasteiger partial charge in [-0.05, 0) is 38.4 Å². The average Bonchev–Trinajstić information content (AvgIpc) is 2.47. The van der Waals surface area contributed by atoms with Crippen LogP contribution in [0.15, 0.2) is 29.2 Å². The van der Waals surface area contributed by atoms with Gasteiger partial charge in [-0.2, -0.15) is 0 Å². The molecule has 3 rings (SSSR count). The number of pyridine rings is 2. The summed E-state index contributed by atoms with van der Waals surface area (Å²) in [5.41, 5.74) is 1.12. The van der Waals surface area contributed by atoms with Crippen LogP contribution >= 0.6 is 0 Å². The van der Waals surface area contributed by atoms with Crippen LogP contribution in [0.2, 0.25) is 0 Å². The lowest BCUT2D eigenvalue weighted by molar-refractivity contribution is 0.244. The van der Waals surface area contributed by atoms with E-state index in [1.54, 1.807) is 10.6 Å². The van der Waals surface area contributed by atoms with Crippen molar-refractivity contribution in [2.45, 2.75) is 19.4 Å². The topological polar surface area (TPSA) is 38.1 Å². The first-order chi connectivity index (χ1) is 9.74. The first-order valence-corrected chi connectivity index (χ1v) is 6.93. The first kappa shape index (κ1) is 13.2. The summed E-state index contributed by atoms with van der Waals surface area (Å²) in [5.74, 6) is -0.413. The third kappa shape index (κ3) is 2.72. The molecule has 0 N–H and O–H groups in total. The van der Waals surface area contributed by atoms with Gasteiger partial charge in [0.25, 0.3) is 5.56 Å². The Bertz CT molecular complexity index is 662. The molecule has 0 bridgehead atoms. The molecule has 1 aliphatic heterocycles. The van der Waals surface area contributed by atoms with Crippen molar-refractivity contribution in [3.63, 3.8) is 0 Å². The molecule has 2 aromatic heterocycles. The predicted molar refractivity (Wildman–Crippen MR) is 75.9 cm³/mol. The molecule has 0 saturated carbocycles. The Hall–Kier alpha value is -1.75. The molecule has 20 heavy (non-hydrogen) atoms. The van der Waals surface area contributed by atoms with Gasteiger partial charge >= 0.3 is 0 Å². The molecule has 1 aliphatic rings. The normalized spacial score (nSPS) is 16.6. The average molecular weight is 274 g/mol. The molecule has 0 unspecified atom stereocenters. The summed E-state index contributed by atoms with van der Waals surface area (Å²) in [6, 6.07) is 4.52. The van der Waals surface area contributed by atoms with Gasteiger partial charge in [0.1, 0.15) is 5.82 Å². The fourth-order valence-corrected chi connectivity index (χ4v) is 2.64. The Balaban J connectivity index is 1.87. The van der Waals surface area contributed by atoms with E-state index < -0.39 is 5.82 Å². The lowest BCUT2D eigenvalue weighted by Crippen LogP contribution is -2.34. The molecule has 2 aromatic rings. The Morgan fingerprint density at radius 1 is 1.20 bits per heavy atom. The van der Waals surface area contributed by atoms with E-state index in [0.717, 1.165) is 32.5 Å². The van der Waals surface area contributed by atoms with Crippen LogP contribution in [-0.2, 0) is 6.54 Å². The quantitative estimate of drug-likeness (QED) is 0.857. The monoisotopic (exact) mass is 274 g/mol. The van der Waals surface area contributed by atoms with Gasteiger partial charge in [0.2, 0.25) is 0 Å². The van der Waals surface area contributed by atoms with Crippen LogP contribution in [0, 0.1) is 12.2 Å². The summed E-state index contributed by atoms with van der Waals surface area (Å²) >= 11 is 0. The largest absolute Gasteiger partial charge is 0.305 e. The zero-order valence-electron chi connectivity index (χ0n) is 11.3. The van der Waals surface area contributed by atoms with Crippen LogP contribution in [0.25, 0.3) is 11.0 Å². The maximum Gasteiger partial charge on any atom is 0.251 e. The second-order valence-electron chi connectivity index (χ2n) is 5.09. The SMILES string of the molecule is O=c1ccc2ncc(F)cc2n1CCN1CC[CH]CC1. The molecule has 0 spiro atoms. The zero-order valence-corrected chi connectivity index (χ0v) is 11.3. The molecule has 3 heterocycles. The van der Waals surface area contributed by atoms with Crippen LogP contribution in [0.1, 0.15) is 12.8 Å². The highest BCUT2D eigenvalue weighted by Gasteiger charge is 2.11.